The number of nitrogen functional groups attached to an aromatic ring is 1. The van der Waals surface area contributed by atoms with Crippen LogP contribution >= 0.6 is 27.3 Å². The molecular formula is C9H7BrN2S. The highest BCUT2D eigenvalue weighted by Crippen LogP contribution is 2.31. The number of hydrogen-bond donors (Lipinski definition) is 1. The zero-order chi connectivity index (χ0) is 9.26. The molecular weight excluding hydrogens is 248 g/mol. The quantitative estimate of drug-likeness (QED) is 0.795. The minimum absolute atomic E-state index is 0.776. The topological polar surface area (TPSA) is 38.9 Å². The summed E-state index contributed by atoms with van der Waals surface area (Å²) < 4.78 is 0.878. The van der Waals surface area contributed by atoms with Crippen LogP contribution in [-0.2, 0) is 0 Å². The summed E-state index contributed by atoms with van der Waals surface area (Å²) in [6.07, 6.45) is 0. The molecule has 0 saturated carbocycles. The summed E-state index contributed by atoms with van der Waals surface area (Å²) in [4.78, 5) is 5.23. The molecule has 1 heterocycles. The minimum atomic E-state index is 0.776. The van der Waals surface area contributed by atoms with Crippen LogP contribution in [0.1, 0.15) is 0 Å². The molecule has 66 valence electrons. The molecule has 0 aliphatic heterocycles. The molecule has 0 unspecified atom stereocenters. The highest BCUT2D eigenvalue weighted by atomic mass is 79.9. The van der Waals surface area contributed by atoms with Gasteiger partial charge in [-0.15, -0.1) is 11.3 Å². The van der Waals surface area contributed by atoms with Gasteiger partial charge in [-0.1, -0.05) is 12.1 Å². The minimum Gasteiger partial charge on any atom is -0.399 e. The second-order valence-corrected chi connectivity index (χ2v) is 4.20. The maximum Gasteiger partial charge on any atom is 0.124 e. The van der Waals surface area contributed by atoms with Gasteiger partial charge in [-0.2, -0.15) is 0 Å². The number of nitrogens with zero attached hydrogens (tertiary/aromatic N) is 1. The fourth-order valence-electron chi connectivity index (χ4n) is 1.10. The van der Waals surface area contributed by atoms with Crippen LogP contribution in [0.25, 0.3) is 10.4 Å². The Kier molecular flexibility index (Phi) is 2.33. The van der Waals surface area contributed by atoms with Crippen molar-refractivity contribution in [3.05, 3.63) is 34.4 Å². The summed E-state index contributed by atoms with van der Waals surface area (Å²) in [6, 6.07) is 7.78. The summed E-state index contributed by atoms with van der Waals surface area (Å²) in [5.41, 5.74) is 9.37. The summed E-state index contributed by atoms with van der Waals surface area (Å²) in [5.74, 6) is 0. The molecule has 13 heavy (non-hydrogen) atoms. The number of anilines is 1. The number of nitrogens with two attached hydrogens (primary N) is 1. The van der Waals surface area contributed by atoms with Gasteiger partial charge in [-0.25, -0.2) is 4.98 Å². The summed E-state index contributed by atoms with van der Waals surface area (Å²) in [7, 11) is 0. The van der Waals surface area contributed by atoms with Crippen LogP contribution < -0.4 is 5.73 Å². The van der Waals surface area contributed by atoms with E-state index in [-0.39, 0.29) is 0 Å². The first-order chi connectivity index (χ1) is 6.27. The zero-order valence-corrected chi connectivity index (χ0v) is 9.10. The van der Waals surface area contributed by atoms with Crippen molar-refractivity contribution >= 4 is 33.0 Å². The van der Waals surface area contributed by atoms with Gasteiger partial charge >= 0.3 is 0 Å². The number of aromatic nitrogens is 1. The summed E-state index contributed by atoms with van der Waals surface area (Å²) >= 11 is 4.98. The lowest BCUT2D eigenvalue weighted by molar-refractivity contribution is 1.37. The van der Waals surface area contributed by atoms with Crippen molar-refractivity contribution < 1.29 is 0 Å². The standard InChI is InChI=1S/C9H7BrN2S/c10-9-8(13-5-12-9)6-2-1-3-7(11)4-6/h1-5H,11H2. The monoisotopic (exact) mass is 254 g/mol. The third kappa shape index (κ3) is 1.73. The van der Waals surface area contributed by atoms with Crippen molar-refractivity contribution in [3.63, 3.8) is 0 Å². The Hall–Kier alpha value is -0.870. The van der Waals surface area contributed by atoms with Crippen LogP contribution in [0.15, 0.2) is 34.4 Å². The van der Waals surface area contributed by atoms with E-state index in [0.29, 0.717) is 0 Å². The fourth-order valence-corrected chi connectivity index (χ4v) is 2.52. The lowest BCUT2D eigenvalue weighted by atomic mass is 10.2. The van der Waals surface area contributed by atoms with E-state index in [1.807, 2.05) is 29.8 Å². The molecule has 4 heteroatoms. The maximum absolute atomic E-state index is 5.68. The van der Waals surface area contributed by atoms with Crippen LogP contribution in [0, 0.1) is 0 Å². The normalized spacial score (nSPS) is 10.2. The van der Waals surface area contributed by atoms with E-state index in [4.69, 9.17) is 5.73 Å². The van der Waals surface area contributed by atoms with Crippen molar-refractivity contribution in [2.45, 2.75) is 0 Å². The van der Waals surface area contributed by atoms with Crippen molar-refractivity contribution in [2.75, 3.05) is 5.73 Å². The number of benzene rings is 1. The molecule has 0 aliphatic rings. The van der Waals surface area contributed by atoms with E-state index in [9.17, 15) is 0 Å². The van der Waals surface area contributed by atoms with Crippen molar-refractivity contribution in [1.29, 1.82) is 0 Å². The van der Waals surface area contributed by atoms with Gasteiger partial charge in [-0.3, -0.25) is 0 Å². The average Bonchev–Trinajstić information content (AvgIpc) is 2.51. The Morgan fingerprint density at radius 2 is 2.23 bits per heavy atom. The number of rotatable bonds is 1. The van der Waals surface area contributed by atoms with E-state index in [2.05, 4.69) is 20.9 Å². The average molecular weight is 255 g/mol. The molecule has 2 nitrogen and oxygen atoms in total. The Balaban J connectivity index is 2.53. The van der Waals surface area contributed by atoms with Crippen LogP contribution in [0.4, 0.5) is 5.69 Å². The zero-order valence-electron chi connectivity index (χ0n) is 6.70. The fraction of sp³-hybridized carbons (Fsp3) is 0. The first-order valence-corrected chi connectivity index (χ1v) is 5.39. The third-order valence-electron chi connectivity index (χ3n) is 1.67. The molecule has 0 fully saturated rings. The van der Waals surface area contributed by atoms with Crippen molar-refractivity contribution in [1.82, 2.24) is 4.98 Å². The largest absolute Gasteiger partial charge is 0.399 e. The Labute approximate surface area is 88.6 Å². The number of thiazole rings is 1. The molecule has 0 amide bonds. The van der Waals surface area contributed by atoms with E-state index < -0.39 is 0 Å². The Morgan fingerprint density at radius 3 is 2.85 bits per heavy atom. The molecule has 0 spiro atoms. The lowest BCUT2D eigenvalue weighted by Crippen LogP contribution is -1.83. The number of hydrogen-bond acceptors (Lipinski definition) is 3. The molecule has 0 radical (unpaired) electrons. The van der Waals surface area contributed by atoms with Gasteiger partial charge in [-0.05, 0) is 33.6 Å². The molecule has 1 aromatic heterocycles. The van der Waals surface area contributed by atoms with Gasteiger partial charge < -0.3 is 5.73 Å². The second kappa shape index (κ2) is 3.47. The van der Waals surface area contributed by atoms with E-state index in [1.54, 1.807) is 11.3 Å². The van der Waals surface area contributed by atoms with Gasteiger partial charge in [0.1, 0.15) is 4.60 Å². The molecule has 0 aliphatic carbocycles. The number of halogens is 1. The van der Waals surface area contributed by atoms with Crippen LogP contribution in [0.2, 0.25) is 0 Å². The van der Waals surface area contributed by atoms with Gasteiger partial charge in [0.25, 0.3) is 0 Å². The van der Waals surface area contributed by atoms with E-state index in [0.717, 1.165) is 20.7 Å². The van der Waals surface area contributed by atoms with Gasteiger partial charge in [0.15, 0.2) is 0 Å². The Bertz CT molecular complexity index is 425. The smallest absolute Gasteiger partial charge is 0.124 e. The lowest BCUT2D eigenvalue weighted by Gasteiger charge is -1.98. The van der Waals surface area contributed by atoms with Crippen molar-refractivity contribution in [2.24, 2.45) is 0 Å². The summed E-state index contributed by atoms with van der Waals surface area (Å²) in [6.45, 7) is 0. The Morgan fingerprint density at radius 1 is 1.38 bits per heavy atom. The second-order valence-electron chi connectivity index (χ2n) is 2.60. The van der Waals surface area contributed by atoms with Crippen LogP contribution in [0.5, 0.6) is 0 Å². The van der Waals surface area contributed by atoms with Crippen LogP contribution in [-0.4, -0.2) is 4.98 Å². The van der Waals surface area contributed by atoms with Crippen LogP contribution in [0.3, 0.4) is 0 Å². The molecule has 2 rings (SSSR count). The SMILES string of the molecule is Nc1cccc(-c2scnc2Br)c1. The third-order valence-corrected chi connectivity index (χ3v) is 3.41. The van der Waals surface area contributed by atoms with Gasteiger partial charge in [0.2, 0.25) is 0 Å². The molecule has 0 atom stereocenters. The predicted molar refractivity (Wildman–Crippen MR) is 59.7 cm³/mol. The molecule has 0 saturated heterocycles. The molecule has 2 N–H and O–H groups in total. The first kappa shape index (κ1) is 8.72. The van der Waals surface area contributed by atoms with E-state index >= 15 is 0 Å². The highest BCUT2D eigenvalue weighted by Gasteiger charge is 2.05. The molecule has 0 bridgehead atoms. The van der Waals surface area contributed by atoms with Crippen molar-refractivity contribution in [3.8, 4) is 10.4 Å². The predicted octanol–water partition coefficient (Wildman–Crippen LogP) is 3.15. The maximum atomic E-state index is 5.68. The van der Waals surface area contributed by atoms with E-state index in [1.165, 1.54) is 0 Å². The van der Waals surface area contributed by atoms with Gasteiger partial charge in [0, 0.05) is 5.69 Å². The summed E-state index contributed by atoms with van der Waals surface area (Å²) in [5, 5.41) is 0. The highest BCUT2D eigenvalue weighted by molar-refractivity contribution is 9.10. The molecule has 2 aromatic rings. The molecule has 1 aromatic carbocycles. The first-order valence-electron chi connectivity index (χ1n) is 3.72. The van der Waals surface area contributed by atoms with Gasteiger partial charge in [0.05, 0.1) is 10.4 Å².